The van der Waals surface area contributed by atoms with Crippen LogP contribution in [0.15, 0.2) is 12.7 Å². The zero-order valence-corrected chi connectivity index (χ0v) is 10.1. The Morgan fingerprint density at radius 1 is 1.33 bits per heavy atom. The molecule has 0 fully saturated rings. The number of carbonyl (C=O) groups excluding carboxylic acids is 1. The minimum absolute atomic E-state index is 0.141. The molecule has 0 saturated heterocycles. The van der Waals surface area contributed by atoms with Crippen molar-refractivity contribution in [1.82, 2.24) is 0 Å². The average molecular weight is 212 g/mol. The van der Waals surface area contributed by atoms with Gasteiger partial charge in [0.05, 0.1) is 0 Å². The first kappa shape index (κ1) is 14.4. The molecule has 1 N–H and O–H groups in total. The lowest BCUT2D eigenvalue weighted by Crippen LogP contribution is -2.36. The Labute approximate surface area is 93.4 Å². The summed E-state index contributed by atoms with van der Waals surface area (Å²) in [7, 11) is 0. The van der Waals surface area contributed by atoms with E-state index in [1.54, 1.807) is 6.08 Å². The van der Waals surface area contributed by atoms with Gasteiger partial charge >= 0.3 is 0 Å². The van der Waals surface area contributed by atoms with E-state index in [0.717, 1.165) is 12.8 Å². The van der Waals surface area contributed by atoms with Gasteiger partial charge in [0.25, 0.3) is 0 Å². The summed E-state index contributed by atoms with van der Waals surface area (Å²) < 4.78 is 0. The maximum Gasteiger partial charge on any atom is 0.161 e. The molecule has 0 aliphatic carbocycles. The average Bonchev–Trinajstić information content (AvgIpc) is 2.18. The van der Waals surface area contributed by atoms with Crippen molar-refractivity contribution in [2.45, 2.75) is 64.4 Å². The van der Waals surface area contributed by atoms with E-state index in [1.165, 1.54) is 26.2 Å². The van der Waals surface area contributed by atoms with E-state index in [1.807, 2.05) is 0 Å². The predicted molar refractivity (Wildman–Crippen MR) is 63.8 cm³/mol. The van der Waals surface area contributed by atoms with Gasteiger partial charge in [-0.15, -0.1) is 6.58 Å². The molecule has 0 spiro atoms. The van der Waals surface area contributed by atoms with Crippen LogP contribution >= 0.6 is 0 Å². The topological polar surface area (TPSA) is 37.3 Å². The minimum Gasteiger partial charge on any atom is -0.382 e. The number of ketones is 1. The fourth-order valence-corrected chi connectivity index (χ4v) is 1.68. The predicted octanol–water partition coefficient (Wildman–Crippen LogP) is 3.24. The number of carbonyl (C=O) groups is 1. The molecule has 0 aliphatic heterocycles. The maximum absolute atomic E-state index is 11.3. The molecule has 0 saturated carbocycles. The van der Waals surface area contributed by atoms with Crippen LogP contribution in [-0.2, 0) is 4.79 Å². The SMILES string of the molecule is C=CCC(O)(CCCCCCC)C(C)=O. The largest absolute Gasteiger partial charge is 0.382 e. The van der Waals surface area contributed by atoms with E-state index in [9.17, 15) is 9.90 Å². The highest BCUT2D eigenvalue weighted by Gasteiger charge is 2.29. The molecule has 0 heterocycles. The third kappa shape index (κ3) is 5.73. The normalized spacial score (nSPS) is 14.6. The van der Waals surface area contributed by atoms with Crippen LogP contribution in [0.5, 0.6) is 0 Å². The van der Waals surface area contributed by atoms with Crippen LogP contribution in [0.1, 0.15) is 58.8 Å². The van der Waals surface area contributed by atoms with Gasteiger partial charge in [-0.1, -0.05) is 45.1 Å². The number of hydrogen-bond acceptors (Lipinski definition) is 2. The fraction of sp³-hybridized carbons (Fsp3) is 0.769. The van der Waals surface area contributed by atoms with Crippen LogP contribution in [0.3, 0.4) is 0 Å². The lowest BCUT2D eigenvalue weighted by atomic mass is 9.89. The molecule has 0 aromatic rings. The molecule has 1 atom stereocenters. The number of unbranched alkanes of at least 4 members (excludes halogenated alkanes) is 4. The molecular weight excluding hydrogens is 188 g/mol. The van der Waals surface area contributed by atoms with Gasteiger partial charge in [-0.25, -0.2) is 0 Å². The van der Waals surface area contributed by atoms with Crippen LogP contribution < -0.4 is 0 Å². The Morgan fingerprint density at radius 3 is 2.40 bits per heavy atom. The summed E-state index contributed by atoms with van der Waals surface area (Å²) in [5, 5.41) is 10.0. The Morgan fingerprint density at radius 2 is 1.93 bits per heavy atom. The minimum atomic E-state index is -1.16. The molecule has 0 radical (unpaired) electrons. The maximum atomic E-state index is 11.3. The molecule has 0 amide bonds. The summed E-state index contributed by atoms with van der Waals surface area (Å²) in [5.41, 5.74) is -1.16. The zero-order valence-electron chi connectivity index (χ0n) is 10.1. The van der Waals surface area contributed by atoms with E-state index in [4.69, 9.17) is 0 Å². The molecule has 2 nitrogen and oxygen atoms in total. The Balaban J connectivity index is 3.86. The quantitative estimate of drug-likeness (QED) is 0.470. The van der Waals surface area contributed by atoms with Crippen molar-refractivity contribution < 1.29 is 9.90 Å². The fourth-order valence-electron chi connectivity index (χ4n) is 1.68. The van der Waals surface area contributed by atoms with Gasteiger partial charge in [-0.3, -0.25) is 4.79 Å². The molecule has 0 bridgehead atoms. The molecule has 15 heavy (non-hydrogen) atoms. The third-order valence-electron chi connectivity index (χ3n) is 2.83. The van der Waals surface area contributed by atoms with Gasteiger partial charge in [-0.05, 0) is 13.3 Å². The molecule has 0 rings (SSSR count). The zero-order chi connectivity index (χ0) is 11.7. The molecule has 0 aromatic carbocycles. The molecular formula is C13H24O2. The smallest absolute Gasteiger partial charge is 0.161 e. The molecule has 1 unspecified atom stereocenters. The highest BCUT2D eigenvalue weighted by atomic mass is 16.3. The van der Waals surface area contributed by atoms with E-state index in [2.05, 4.69) is 13.5 Å². The van der Waals surface area contributed by atoms with Gasteiger partial charge in [0.2, 0.25) is 0 Å². The van der Waals surface area contributed by atoms with Crippen molar-refractivity contribution >= 4 is 5.78 Å². The lowest BCUT2D eigenvalue weighted by Gasteiger charge is -2.23. The number of aliphatic hydroxyl groups is 1. The Kier molecular flexibility index (Phi) is 7.31. The Hall–Kier alpha value is -0.630. The summed E-state index contributed by atoms with van der Waals surface area (Å²) in [5.74, 6) is -0.141. The number of hydrogen-bond donors (Lipinski definition) is 1. The van der Waals surface area contributed by atoms with Gasteiger partial charge in [0.1, 0.15) is 5.60 Å². The highest BCUT2D eigenvalue weighted by molar-refractivity contribution is 5.84. The summed E-state index contributed by atoms with van der Waals surface area (Å²) in [6.45, 7) is 7.20. The third-order valence-corrected chi connectivity index (χ3v) is 2.83. The first-order valence-corrected chi connectivity index (χ1v) is 5.91. The summed E-state index contributed by atoms with van der Waals surface area (Å²) in [6, 6.07) is 0. The van der Waals surface area contributed by atoms with Crippen molar-refractivity contribution in [3.8, 4) is 0 Å². The second-order valence-corrected chi connectivity index (χ2v) is 4.24. The summed E-state index contributed by atoms with van der Waals surface area (Å²) >= 11 is 0. The van der Waals surface area contributed by atoms with E-state index in [-0.39, 0.29) is 5.78 Å². The summed E-state index contributed by atoms with van der Waals surface area (Å²) in [6.07, 6.45) is 8.22. The second-order valence-electron chi connectivity index (χ2n) is 4.24. The first-order chi connectivity index (χ1) is 7.06. The van der Waals surface area contributed by atoms with Crippen LogP contribution in [-0.4, -0.2) is 16.5 Å². The van der Waals surface area contributed by atoms with Crippen LogP contribution in [0.25, 0.3) is 0 Å². The van der Waals surface area contributed by atoms with Crippen molar-refractivity contribution in [3.63, 3.8) is 0 Å². The summed E-state index contributed by atoms with van der Waals surface area (Å²) in [4.78, 5) is 11.3. The standard InChI is InChI=1S/C13H24O2/c1-4-6-7-8-9-11-13(15,10-5-2)12(3)14/h5,15H,2,4,6-11H2,1,3H3. The van der Waals surface area contributed by atoms with Crippen LogP contribution in [0.2, 0.25) is 0 Å². The lowest BCUT2D eigenvalue weighted by molar-refractivity contribution is -0.135. The van der Waals surface area contributed by atoms with Gasteiger partial charge in [0, 0.05) is 6.42 Å². The van der Waals surface area contributed by atoms with Crippen LogP contribution in [0.4, 0.5) is 0 Å². The second kappa shape index (κ2) is 7.63. The molecule has 0 aromatic heterocycles. The van der Waals surface area contributed by atoms with Gasteiger partial charge in [0.15, 0.2) is 5.78 Å². The van der Waals surface area contributed by atoms with Crippen molar-refractivity contribution in [2.24, 2.45) is 0 Å². The van der Waals surface area contributed by atoms with E-state index >= 15 is 0 Å². The van der Waals surface area contributed by atoms with Gasteiger partial charge in [-0.2, -0.15) is 0 Å². The van der Waals surface area contributed by atoms with Crippen molar-refractivity contribution in [1.29, 1.82) is 0 Å². The molecule has 88 valence electrons. The molecule has 0 aliphatic rings. The Bertz CT molecular complexity index is 199. The number of rotatable bonds is 9. The first-order valence-electron chi connectivity index (χ1n) is 5.91. The van der Waals surface area contributed by atoms with Crippen LogP contribution in [0, 0.1) is 0 Å². The molecule has 2 heteroatoms. The number of Topliss-reactive ketones (excluding diaryl/α,β-unsaturated/α-hetero) is 1. The monoisotopic (exact) mass is 212 g/mol. The van der Waals surface area contributed by atoms with Crippen molar-refractivity contribution in [3.05, 3.63) is 12.7 Å². The van der Waals surface area contributed by atoms with Gasteiger partial charge < -0.3 is 5.11 Å². The highest BCUT2D eigenvalue weighted by Crippen LogP contribution is 2.21. The van der Waals surface area contributed by atoms with E-state index < -0.39 is 5.60 Å². The van der Waals surface area contributed by atoms with Crippen molar-refractivity contribution in [2.75, 3.05) is 0 Å². The van der Waals surface area contributed by atoms with E-state index in [0.29, 0.717) is 12.8 Å².